The van der Waals surface area contributed by atoms with Crippen molar-refractivity contribution in [3.63, 3.8) is 0 Å². The molecule has 0 spiro atoms. The second kappa shape index (κ2) is 6.77. The molecule has 1 aromatic carbocycles. The molecule has 0 aliphatic carbocycles. The second-order valence-corrected chi connectivity index (χ2v) is 6.13. The van der Waals surface area contributed by atoms with E-state index in [1.807, 2.05) is 22.2 Å². The van der Waals surface area contributed by atoms with Crippen molar-refractivity contribution < 1.29 is 5.11 Å². The van der Waals surface area contributed by atoms with Gasteiger partial charge in [-0.05, 0) is 23.9 Å². The zero-order valence-electron chi connectivity index (χ0n) is 12.5. The third-order valence-electron chi connectivity index (χ3n) is 3.42. The quantitative estimate of drug-likeness (QED) is 0.732. The summed E-state index contributed by atoms with van der Waals surface area (Å²) in [4.78, 5) is 1.13. The SMILES string of the molecule is Cc1cccc(CNc2cc(-c3cccs3)nn2CCO)c1. The number of hydrogen-bond donors (Lipinski definition) is 2. The van der Waals surface area contributed by atoms with E-state index in [2.05, 4.69) is 47.7 Å². The largest absolute Gasteiger partial charge is 0.394 e. The minimum absolute atomic E-state index is 0.0741. The maximum Gasteiger partial charge on any atom is 0.125 e. The van der Waals surface area contributed by atoms with Crippen molar-refractivity contribution in [3.8, 4) is 10.6 Å². The average Bonchev–Trinajstić information content (AvgIpc) is 3.15. The molecule has 0 fully saturated rings. The van der Waals surface area contributed by atoms with Gasteiger partial charge in [0.05, 0.1) is 18.0 Å². The first-order chi connectivity index (χ1) is 10.8. The summed E-state index contributed by atoms with van der Waals surface area (Å²) in [6, 6.07) is 14.5. The van der Waals surface area contributed by atoms with Crippen molar-refractivity contribution in [2.45, 2.75) is 20.0 Å². The van der Waals surface area contributed by atoms with Gasteiger partial charge in [-0.25, -0.2) is 4.68 Å². The van der Waals surface area contributed by atoms with E-state index in [9.17, 15) is 5.11 Å². The lowest BCUT2D eigenvalue weighted by Gasteiger charge is -2.09. The molecule has 0 aliphatic rings. The molecule has 2 N–H and O–H groups in total. The van der Waals surface area contributed by atoms with Crippen molar-refractivity contribution in [2.75, 3.05) is 11.9 Å². The van der Waals surface area contributed by atoms with Crippen LogP contribution in [0.5, 0.6) is 0 Å². The fraction of sp³-hybridized carbons (Fsp3) is 0.235. The Hall–Kier alpha value is -2.11. The number of anilines is 1. The Balaban J connectivity index is 1.79. The Morgan fingerprint density at radius 2 is 2.14 bits per heavy atom. The van der Waals surface area contributed by atoms with Gasteiger partial charge in [-0.1, -0.05) is 35.9 Å². The summed E-state index contributed by atoms with van der Waals surface area (Å²) in [5.74, 6) is 0.930. The fourth-order valence-corrected chi connectivity index (χ4v) is 3.07. The molecular formula is C17H19N3OS. The maximum absolute atomic E-state index is 9.22. The van der Waals surface area contributed by atoms with Crippen LogP contribution in [0, 0.1) is 6.92 Å². The molecule has 0 unspecified atom stereocenters. The molecule has 0 saturated carbocycles. The van der Waals surface area contributed by atoms with E-state index >= 15 is 0 Å². The molecule has 114 valence electrons. The van der Waals surface area contributed by atoms with Gasteiger partial charge < -0.3 is 10.4 Å². The molecule has 0 bridgehead atoms. The summed E-state index contributed by atoms with van der Waals surface area (Å²) >= 11 is 1.67. The van der Waals surface area contributed by atoms with E-state index in [0.717, 1.165) is 22.9 Å². The van der Waals surface area contributed by atoms with Crippen molar-refractivity contribution in [3.05, 3.63) is 59.0 Å². The molecule has 5 heteroatoms. The maximum atomic E-state index is 9.22. The van der Waals surface area contributed by atoms with E-state index in [1.54, 1.807) is 11.3 Å². The Kier molecular flexibility index (Phi) is 4.56. The molecule has 0 saturated heterocycles. The van der Waals surface area contributed by atoms with Crippen LogP contribution in [0.2, 0.25) is 0 Å². The number of aliphatic hydroxyl groups excluding tert-OH is 1. The minimum atomic E-state index is 0.0741. The van der Waals surface area contributed by atoms with Gasteiger partial charge in [0.25, 0.3) is 0 Å². The number of nitrogens with one attached hydrogen (secondary N) is 1. The van der Waals surface area contributed by atoms with Gasteiger partial charge in [0.15, 0.2) is 0 Å². The minimum Gasteiger partial charge on any atom is -0.394 e. The van der Waals surface area contributed by atoms with Crippen molar-refractivity contribution in [2.24, 2.45) is 0 Å². The summed E-state index contributed by atoms with van der Waals surface area (Å²) in [5.41, 5.74) is 3.42. The van der Waals surface area contributed by atoms with Crippen LogP contribution in [0.25, 0.3) is 10.6 Å². The monoisotopic (exact) mass is 313 g/mol. The highest BCUT2D eigenvalue weighted by atomic mass is 32.1. The lowest BCUT2D eigenvalue weighted by atomic mass is 10.1. The molecule has 4 nitrogen and oxygen atoms in total. The average molecular weight is 313 g/mol. The third-order valence-corrected chi connectivity index (χ3v) is 4.31. The van der Waals surface area contributed by atoms with Gasteiger partial charge >= 0.3 is 0 Å². The fourth-order valence-electron chi connectivity index (χ4n) is 2.38. The van der Waals surface area contributed by atoms with E-state index in [1.165, 1.54) is 11.1 Å². The molecule has 2 aromatic heterocycles. The number of rotatable bonds is 6. The smallest absolute Gasteiger partial charge is 0.125 e. The molecule has 3 rings (SSSR count). The topological polar surface area (TPSA) is 50.1 Å². The lowest BCUT2D eigenvalue weighted by Crippen LogP contribution is -2.10. The summed E-state index contributed by atoms with van der Waals surface area (Å²) in [6.07, 6.45) is 0. The van der Waals surface area contributed by atoms with Crippen LogP contribution in [0.4, 0.5) is 5.82 Å². The predicted molar refractivity (Wildman–Crippen MR) is 91.1 cm³/mol. The Morgan fingerprint density at radius 1 is 1.23 bits per heavy atom. The van der Waals surface area contributed by atoms with E-state index in [4.69, 9.17) is 0 Å². The van der Waals surface area contributed by atoms with Gasteiger partial charge in [0.2, 0.25) is 0 Å². The summed E-state index contributed by atoms with van der Waals surface area (Å²) in [5, 5.41) is 19.3. The molecule has 2 heterocycles. The Bertz CT molecular complexity index is 734. The normalized spacial score (nSPS) is 10.8. The summed E-state index contributed by atoms with van der Waals surface area (Å²) in [6.45, 7) is 3.39. The van der Waals surface area contributed by atoms with Crippen LogP contribution in [0.3, 0.4) is 0 Å². The molecule has 0 amide bonds. The molecule has 0 atom stereocenters. The summed E-state index contributed by atoms with van der Waals surface area (Å²) < 4.78 is 1.82. The van der Waals surface area contributed by atoms with Gasteiger partial charge in [-0.3, -0.25) is 0 Å². The standard InChI is InChI=1S/C17H19N3OS/c1-13-4-2-5-14(10-13)12-18-17-11-15(16-6-3-9-22-16)19-20(17)7-8-21/h2-6,9-11,18,21H,7-8,12H2,1H3. The van der Waals surface area contributed by atoms with Crippen LogP contribution in [-0.2, 0) is 13.1 Å². The number of hydrogen-bond acceptors (Lipinski definition) is 4. The van der Waals surface area contributed by atoms with E-state index in [-0.39, 0.29) is 6.61 Å². The lowest BCUT2D eigenvalue weighted by molar-refractivity contribution is 0.270. The Morgan fingerprint density at radius 3 is 2.86 bits per heavy atom. The molecule has 22 heavy (non-hydrogen) atoms. The Labute approximate surface area is 134 Å². The van der Waals surface area contributed by atoms with Crippen molar-refractivity contribution in [1.29, 1.82) is 0 Å². The van der Waals surface area contributed by atoms with Crippen LogP contribution in [0.15, 0.2) is 47.8 Å². The highest BCUT2D eigenvalue weighted by Crippen LogP contribution is 2.26. The first-order valence-corrected chi connectivity index (χ1v) is 8.16. The molecule has 0 aliphatic heterocycles. The van der Waals surface area contributed by atoms with Crippen LogP contribution in [0.1, 0.15) is 11.1 Å². The summed E-state index contributed by atoms with van der Waals surface area (Å²) in [7, 11) is 0. The number of benzene rings is 1. The van der Waals surface area contributed by atoms with Gasteiger partial charge in [-0.2, -0.15) is 5.10 Å². The highest BCUT2D eigenvalue weighted by Gasteiger charge is 2.10. The van der Waals surface area contributed by atoms with Crippen molar-refractivity contribution >= 4 is 17.2 Å². The number of nitrogens with zero attached hydrogens (tertiary/aromatic N) is 2. The number of aliphatic hydroxyl groups is 1. The van der Waals surface area contributed by atoms with Gasteiger partial charge in [0.1, 0.15) is 11.5 Å². The number of thiophene rings is 1. The third kappa shape index (κ3) is 3.37. The van der Waals surface area contributed by atoms with Crippen molar-refractivity contribution in [1.82, 2.24) is 9.78 Å². The number of aromatic nitrogens is 2. The number of aryl methyl sites for hydroxylation is 1. The first kappa shape index (κ1) is 14.8. The van der Waals surface area contributed by atoms with Crippen LogP contribution in [-0.4, -0.2) is 21.5 Å². The predicted octanol–water partition coefficient (Wildman–Crippen LogP) is 3.52. The van der Waals surface area contributed by atoms with E-state index < -0.39 is 0 Å². The van der Waals surface area contributed by atoms with E-state index in [0.29, 0.717) is 6.54 Å². The first-order valence-electron chi connectivity index (χ1n) is 7.28. The zero-order chi connectivity index (χ0) is 15.4. The highest BCUT2D eigenvalue weighted by molar-refractivity contribution is 7.13. The van der Waals surface area contributed by atoms with Crippen LogP contribution >= 0.6 is 11.3 Å². The second-order valence-electron chi connectivity index (χ2n) is 5.18. The van der Waals surface area contributed by atoms with Crippen LogP contribution < -0.4 is 5.32 Å². The molecule has 3 aromatic rings. The zero-order valence-corrected chi connectivity index (χ0v) is 13.3. The van der Waals surface area contributed by atoms with Gasteiger partial charge in [-0.15, -0.1) is 11.3 Å². The molecular weight excluding hydrogens is 294 g/mol. The van der Waals surface area contributed by atoms with Gasteiger partial charge in [0, 0.05) is 12.6 Å². The molecule has 0 radical (unpaired) electrons.